The Morgan fingerprint density at radius 2 is 2.20 bits per heavy atom. The first-order valence-corrected chi connectivity index (χ1v) is 6.33. The third kappa shape index (κ3) is 2.45. The molecule has 3 saturated heterocycles. The summed E-state index contributed by atoms with van der Waals surface area (Å²) in [5.41, 5.74) is 0. The van der Waals surface area contributed by atoms with Crippen molar-refractivity contribution in [1.29, 1.82) is 0 Å². The van der Waals surface area contributed by atoms with Crippen LogP contribution in [0.4, 0.5) is 0 Å². The molecule has 0 aromatic rings. The van der Waals surface area contributed by atoms with Crippen LogP contribution in [0.2, 0.25) is 0 Å². The maximum absolute atomic E-state index is 11.7. The van der Waals surface area contributed by atoms with Gasteiger partial charge in [-0.15, -0.1) is 11.6 Å². The molecule has 0 aromatic heterocycles. The summed E-state index contributed by atoms with van der Waals surface area (Å²) in [5.74, 6) is 1.15. The summed E-state index contributed by atoms with van der Waals surface area (Å²) < 4.78 is 0. The number of hydrogen-bond donors (Lipinski definition) is 1. The largest absolute Gasteiger partial charge is 0.352 e. The van der Waals surface area contributed by atoms with E-state index in [0.717, 1.165) is 6.54 Å². The average Bonchev–Trinajstić information content (AvgIpc) is 2.29. The van der Waals surface area contributed by atoms with Gasteiger partial charge in [0.1, 0.15) is 0 Å². The zero-order valence-corrected chi connectivity index (χ0v) is 9.96. The molecule has 86 valence electrons. The zero-order chi connectivity index (χ0) is 10.8. The van der Waals surface area contributed by atoms with E-state index in [4.69, 9.17) is 11.6 Å². The molecule has 0 spiro atoms. The van der Waals surface area contributed by atoms with Gasteiger partial charge in [-0.25, -0.2) is 0 Å². The molecule has 4 heteroatoms. The number of halogens is 1. The van der Waals surface area contributed by atoms with Gasteiger partial charge in [-0.2, -0.15) is 0 Å². The molecular weight excluding hydrogens is 212 g/mol. The highest BCUT2D eigenvalue weighted by Gasteiger charge is 2.35. The fourth-order valence-corrected chi connectivity index (χ4v) is 2.66. The molecule has 3 heterocycles. The summed E-state index contributed by atoms with van der Waals surface area (Å²) in [6.07, 6.45) is 2.47. The van der Waals surface area contributed by atoms with Crippen molar-refractivity contribution in [3.05, 3.63) is 0 Å². The lowest BCUT2D eigenvalue weighted by Gasteiger charge is -2.45. The first-order chi connectivity index (χ1) is 7.20. The van der Waals surface area contributed by atoms with E-state index >= 15 is 0 Å². The van der Waals surface area contributed by atoms with E-state index in [0.29, 0.717) is 17.8 Å². The number of alkyl halides is 1. The third-order valence-electron chi connectivity index (χ3n) is 3.66. The van der Waals surface area contributed by atoms with Crippen LogP contribution in [0.3, 0.4) is 0 Å². The zero-order valence-electron chi connectivity index (χ0n) is 9.21. The van der Waals surface area contributed by atoms with Gasteiger partial charge < -0.3 is 10.2 Å². The lowest BCUT2D eigenvalue weighted by molar-refractivity contribution is -0.126. The van der Waals surface area contributed by atoms with Crippen molar-refractivity contribution < 1.29 is 4.79 Å². The van der Waals surface area contributed by atoms with Crippen LogP contribution in [0.5, 0.6) is 0 Å². The molecule has 2 bridgehead atoms. The highest BCUT2D eigenvalue weighted by Crippen LogP contribution is 2.27. The summed E-state index contributed by atoms with van der Waals surface area (Å²) in [6.45, 7) is 5.33. The fourth-order valence-electron chi connectivity index (χ4n) is 2.52. The maximum Gasteiger partial charge on any atom is 0.224 e. The predicted molar refractivity (Wildman–Crippen MR) is 61.0 cm³/mol. The molecule has 1 N–H and O–H groups in total. The van der Waals surface area contributed by atoms with Gasteiger partial charge in [0.2, 0.25) is 5.91 Å². The van der Waals surface area contributed by atoms with Crippen molar-refractivity contribution in [1.82, 2.24) is 10.2 Å². The quantitative estimate of drug-likeness (QED) is 0.736. The van der Waals surface area contributed by atoms with Crippen LogP contribution in [0, 0.1) is 11.8 Å². The van der Waals surface area contributed by atoms with Gasteiger partial charge in [-0.1, -0.05) is 6.92 Å². The van der Waals surface area contributed by atoms with E-state index in [9.17, 15) is 4.79 Å². The number of carbonyl (C=O) groups is 1. The van der Waals surface area contributed by atoms with E-state index in [1.54, 1.807) is 0 Å². The van der Waals surface area contributed by atoms with Crippen molar-refractivity contribution in [2.45, 2.75) is 25.8 Å². The predicted octanol–water partition coefficient (Wildman–Crippen LogP) is 1.07. The van der Waals surface area contributed by atoms with Crippen LogP contribution in [0.25, 0.3) is 0 Å². The molecule has 3 aliphatic rings. The van der Waals surface area contributed by atoms with Crippen LogP contribution in [-0.4, -0.2) is 42.4 Å². The second-order valence-electron chi connectivity index (χ2n) is 4.81. The van der Waals surface area contributed by atoms with Crippen molar-refractivity contribution >= 4 is 17.5 Å². The SMILES string of the molecule is CC(CCl)C(=O)NC1CN2CCC1CC2. The number of amides is 1. The molecule has 1 amide bonds. The van der Waals surface area contributed by atoms with Crippen molar-refractivity contribution in [3.8, 4) is 0 Å². The molecule has 0 saturated carbocycles. The molecule has 0 aliphatic carbocycles. The van der Waals surface area contributed by atoms with Crippen molar-refractivity contribution in [3.63, 3.8) is 0 Å². The lowest BCUT2D eigenvalue weighted by Crippen LogP contribution is -2.57. The van der Waals surface area contributed by atoms with Gasteiger partial charge in [-0.3, -0.25) is 4.79 Å². The Labute approximate surface area is 96.2 Å². The Morgan fingerprint density at radius 3 is 2.67 bits per heavy atom. The van der Waals surface area contributed by atoms with Gasteiger partial charge in [-0.05, 0) is 31.8 Å². The van der Waals surface area contributed by atoms with E-state index in [-0.39, 0.29) is 11.8 Å². The first kappa shape index (κ1) is 11.2. The molecule has 3 nitrogen and oxygen atoms in total. The third-order valence-corrected chi connectivity index (χ3v) is 4.13. The second kappa shape index (κ2) is 4.71. The molecule has 3 aliphatic heterocycles. The molecule has 3 fully saturated rings. The highest BCUT2D eigenvalue weighted by molar-refractivity contribution is 6.19. The van der Waals surface area contributed by atoms with Gasteiger partial charge >= 0.3 is 0 Å². The lowest BCUT2D eigenvalue weighted by atomic mass is 9.84. The topological polar surface area (TPSA) is 32.3 Å². The first-order valence-electron chi connectivity index (χ1n) is 5.79. The van der Waals surface area contributed by atoms with Gasteiger partial charge in [0.15, 0.2) is 0 Å². The molecule has 2 unspecified atom stereocenters. The van der Waals surface area contributed by atoms with Crippen LogP contribution in [0.1, 0.15) is 19.8 Å². The second-order valence-corrected chi connectivity index (χ2v) is 5.12. The van der Waals surface area contributed by atoms with Crippen molar-refractivity contribution in [2.24, 2.45) is 11.8 Å². The average molecular weight is 231 g/mol. The number of rotatable bonds is 3. The number of fused-ring (bicyclic) bond motifs is 3. The number of piperidine rings is 3. The molecule has 2 atom stereocenters. The monoisotopic (exact) mass is 230 g/mol. The van der Waals surface area contributed by atoms with Crippen molar-refractivity contribution in [2.75, 3.05) is 25.5 Å². The normalized spacial score (nSPS) is 36.3. The Morgan fingerprint density at radius 1 is 1.53 bits per heavy atom. The summed E-state index contributed by atoms with van der Waals surface area (Å²) in [4.78, 5) is 14.1. The number of hydrogen-bond acceptors (Lipinski definition) is 2. The minimum atomic E-state index is -0.0675. The Bertz CT molecular complexity index is 239. The van der Waals surface area contributed by atoms with E-state index in [1.165, 1.54) is 25.9 Å². The summed E-state index contributed by atoms with van der Waals surface area (Å²) in [6, 6.07) is 0.366. The minimum Gasteiger partial charge on any atom is -0.352 e. The summed E-state index contributed by atoms with van der Waals surface area (Å²) in [7, 11) is 0. The number of carbonyl (C=O) groups excluding carboxylic acids is 1. The molecule has 0 aromatic carbocycles. The number of nitrogens with zero attached hydrogens (tertiary/aromatic N) is 1. The van der Waals surface area contributed by atoms with Crippen LogP contribution >= 0.6 is 11.6 Å². The molecule has 0 radical (unpaired) electrons. The van der Waals surface area contributed by atoms with Gasteiger partial charge in [0.05, 0.1) is 0 Å². The Balaban J connectivity index is 1.87. The standard InChI is InChI=1S/C11H19ClN2O/c1-8(6-12)11(15)13-10-7-14-4-2-9(10)3-5-14/h8-10H,2-7H2,1H3,(H,13,15). The highest BCUT2D eigenvalue weighted by atomic mass is 35.5. The summed E-state index contributed by atoms with van der Waals surface area (Å²) in [5, 5.41) is 3.14. The smallest absolute Gasteiger partial charge is 0.224 e. The Kier molecular flexibility index (Phi) is 3.52. The Hall–Kier alpha value is -0.280. The van der Waals surface area contributed by atoms with E-state index in [2.05, 4.69) is 10.2 Å². The van der Waals surface area contributed by atoms with Crippen LogP contribution in [-0.2, 0) is 4.79 Å². The fraction of sp³-hybridized carbons (Fsp3) is 0.909. The van der Waals surface area contributed by atoms with Gasteiger partial charge in [0.25, 0.3) is 0 Å². The number of nitrogens with one attached hydrogen (secondary N) is 1. The van der Waals surface area contributed by atoms with Crippen LogP contribution < -0.4 is 5.32 Å². The minimum absolute atomic E-state index is 0.0675. The van der Waals surface area contributed by atoms with E-state index in [1.807, 2.05) is 6.92 Å². The van der Waals surface area contributed by atoms with E-state index < -0.39 is 0 Å². The van der Waals surface area contributed by atoms with Crippen LogP contribution in [0.15, 0.2) is 0 Å². The molecule has 3 rings (SSSR count). The van der Waals surface area contributed by atoms with Gasteiger partial charge in [0, 0.05) is 24.4 Å². The summed E-state index contributed by atoms with van der Waals surface area (Å²) >= 11 is 5.67. The molecular formula is C11H19ClN2O. The molecule has 15 heavy (non-hydrogen) atoms. The maximum atomic E-state index is 11.7.